The van der Waals surface area contributed by atoms with Crippen LogP contribution in [0.15, 0.2) is 72.8 Å². The number of benzene rings is 3. The lowest BCUT2D eigenvalue weighted by atomic mass is 9.98. The molecule has 2 unspecified atom stereocenters. The lowest BCUT2D eigenvalue weighted by Crippen LogP contribution is -2.57. The topological polar surface area (TPSA) is 119 Å². The molecule has 3 rings (SSSR count). The highest BCUT2D eigenvalue weighted by Crippen LogP contribution is 2.20. The van der Waals surface area contributed by atoms with Crippen molar-refractivity contribution in [3.05, 3.63) is 83.9 Å². The van der Waals surface area contributed by atoms with Gasteiger partial charge in [-0.25, -0.2) is 4.79 Å². The molecule has 0 aromatic heterocycles. The van der Waals surface area contributed by atoms with Crippen LogP contribution in [0, 0.1) is 0 Å². The monoisotopic (exact) mass is 490 g/mol. The molecule has 0 aliphatic heterocycles. The number of hydrogen-bond donors (Lipinski definition) is 3. The number of hydrazine groups is 1. The molecule has 0 aliphatic rings. The minimum atomic E-state index is -1.26. The number of carbonyl (C=O) groups is 4. The Kier molecular flexibility index (Phi) is 8.61. The molecule has 0 saturated heterocycles. The summed E-state index contributed by atoms with van der Waals surface area (Å²) in [4.78, 5) is 52.1. The summed E-state index contributed by atoms with van der Waals surface area (Å²) in [7, 11) is 2.80. The fourth-order valence-corrected chi connectivity index (χ4v) is 3.98. The van der Waals surface area contributed by atoms with E-state index in [9.17, 15) is 24.3 Å². The first-order chi connectivity index (χ1) is 17.2. The van der Waals surface area contributed by atoms with E-state index < -0.39 is 35.9 Å². The van der Waals surface area contributed by atoms with Gasteiger partial charge in [-0.3, -0.25) is 30.1 Å². The summed E-state index contributed by atoms with van der Waals surface area (Å²) in [6.45, 7) is 1.25. The third-order valence-corrected chi connectivity index (χ3v) is 6.05. The molecule has 0 saturated carbocycles. The number of carbonyl (C=O) groups excluding carboxylic acids is 3. The van der Waals surface area contributed by atoms with E-state index in [-0.39, 0.29) is 12.8 Å². The molecule has 9 nitrogen and oxygen atoms in total. The van der Waals surface area contributed by atoms with Gasteiger partial charge in [0.15, 0.2) is 0 Å². The summed E-state index contributed by atoms with van der Waals surface area (Å²) in [6.07, 6.45) is -0.958. The second kappa shape index (κ2) is 11.8. The van der Waals surface area contributed by atoms with Gasteiger partial charge in [-0.05, 0) is 21.9 Å². The molecule has 3 aromatic rings. The van der Waals surface area contributed by atoms with Gasteiger partial charge in [0.1, 0.15) is 12.1 Å². The van der Waals surface area contributed by atoms with Gasteiger partial charge >= 0.3 is 6.09 Å². The first-order valence-electron chi connectivity index (χ1n) is 11.5. The van der Waals surface area contributed by atoms with Crippen molar-refractivity contribution in [1.82, 2.24) is 20.7 Å². The predicted octanol–water partition coefficient (Wildman–Crippen LogP) is 2.60. The zero-order valence-corrected chi connectivity index (χ0v) is 20.5. The second-order valence-electron chi connectivity index (χ2n) is 8.62. The van der Waals surface area contributed by atoms with E-state index in [2.05, 4.69) is 10.9 Å². The lowest BCUT2D eigenvalue weighted by Gasteiger charge is -2.33. The molecule has 3 aromatic carbocycles. The second-order valence-corrected chi connectivity index (χ2v) is 8.62. The van der Waals surface area contributed by atoms with Crippen LogP contribution in [0.2, 0.25) is 0 Å². The van der Waals surface area contributed by atoms with Crippen molar-refractivity contribution < 1.29 is 24.3 Å². The molecule has 0 radical (unpaired) electrons. The standard InChI is InChI=1S/C27H30N4O5/c1-18(32)28-29-25(33)23(16-19-9-5-4-6-10-19)30(2)26(34)24(31(3)27(35)36)17-20-13-14-21-11-7-8-12-22(21)15-20/h4-15,23-24H,16-17H2,1-3H3,(H,28,32)(H,29,33)(H,35,36). The number of fused-ring (bicyclic) bond motifs is 1. The van der Waals surface area contributed by atoms with Crippen molar-refractivity contribution in [2.24, 2.45) is 0 Å². The Bertz CT molecular complexity index is 1250. The third kappa shape index (κ3) is 6.59. The molecule has 0 spiro atoms. The summed E-state index contributed by atoms with van der Waals surface area (Å²) >= 11 is 0. The zero-order valence-electron chi connectivity index (χ0n) is 20.5. The third-order valence-electron chi connectivity index (χ3n) is 6.05. The summed E-state index contributed by atoms with van der Waals surface area (Å²) in [5.41, 5.74) is 6.18. The molecular formula is C27H30N4O5. The van der Waals surface area contributed by atoms with Gasteiger partial charge in [0, 0.05) is 33.9 Å². The minimum absolute atomic E-state index is 0.127. The van der Waals surface area contributed by atoms with E-state index in [1.54, 1.807) is 0 Å². The Morgan fingerprint density at radius 1 is 0.750 bits per heavy atom. The van der Waals surface area contributed by atoms with Gasteiger partial charge < -0.3 is 10.0 Å². The van der Waals surface area contributed by atoms with E-state index in [4.69, 9.17) is 0 Å². The van der Waals surface area contributed by atoms with E-state index >= 15 is 0 Å². The molecule has 188 valence electrons. The summed E-state index contributed by atoms with van der Waals surface area (Å²) < 4.78 is 0. The van der Waals surface area contributed by atoms with Crippen molar-refractivity contribution in [1.29, 1.82) is 0 Å². The molecule has 0 bridgehead atoms. The minimum Gasteiger partial charge on any atom is -0.465 e. The predicted molar refractivity (Wildman–Crippen MR) is 136 cm³/mol. The highest BCUT2D eigenvalue weighted by molar-refractivity contribution is 5.92. The first kappa shape index (κ1) is 26.2. The van der Waals surface area contributed by atoms with Crippen LogP contribution in [0.4, 0.5) is 4.79 Å². The first-order valence-corrected chi connectivity index (χ1v) is 11.5. The van der Waals surface area contributed by atoms with Gasteiger partial charge in [0.2, 0.25) is 11.8 Å². The maximum absolute atomic E-state index is 13.7. The average Bonchev–Trinajstić information content (AvgIpc) is 2.88. The number of amides is 4. The molecule has 0 fully saturated rings. The van der Waals surface area contributed by atoms with Gasteiger partial charge in [-0.2, -0.15) is 0 Å². The number of nitrogens with zero attached hydrogens (tertiary/aromatic N) is 2. The van der Waals surface area contributed by atoms with E-state index in [1.165, 1.54) is 25.9 Å². The summed E-state index contributed by atoms with van der Waals surface area (Å²) in [6, 6.07) is 20.6. The molecular weight excluding hydrogens is 460 g/mol. The Morgan fingerprint density at radius 2 is 1.36 bits per heavy atom. The van der Waals surface area contributed by atoms with Crippen LogP contribution < -0.4 is 10.9 Å². The smallest absolute Gasteiger partial charge is 0.407 e. The number of nitrogens with one attached hydrogen (secondary N) is 2. The molecule has 3 N–H and O–H groups in total. The highest BCUT2D eigenvalue weighted by Gasteiger charge is 2.35. The van der Waals surface area contributed by atoms with Crippen LogP contribution in [0.3, 0.4) is 0 Å². The van der Waals surface area contributed by atoms with E-state index in [0.29, 0.717) is 0 Å². The Labute approximate surface area is 209 Å². The van der Waals surface area contributed by atoms with Crippen molar-refractivity contribution in [3.8, 4) is 0 Å². The van der Waals surface area contributed by atoms with Gasteiger partial charge in [-0.15, -0.1) is 0 Å². The Hall–Kier alpha value is -4.40. The Balaban J connectivity index is 1.90. The van der Waals surface area contributed by atoms with Crippen LogP contribution in [-0.2, 0) is 27.2 Å². The number of rotatable bonds is 8. The van der Waals surface area contributed by atoms with Crippen molar-refractivity contribution in [2.45, 2.75) is 31.8 Å². The van der Waals surface area contributed by atoms with Crippen LogP contribution >= 0.6 is 0 Å². The number of carboxylic acid groups (broad SMARTS) is 1. The van der Waals surface area contributed by atoms with Crippen LogP contribution in [0.25, 0.3) is 10.8 Å². The van der Waals surface area contributed by atoms with Crippen LogP contribution in [-0.4, -0.2) is 64.9 Å². The van der Waals surface area contributed by atoms with Gasteiger partial charge in [0.25, 0.3) is 5.91 Å². The molecule has 0 heterocycles. The molecule has 36 heavy (non-hydrogen) atoms. The van der Waals surface area contributed by atoms with Gasteiger partial charge in [0.05, 0.1) is 0 Å². The normalized spacial score (nSPS) is 12.3. The molecule has 2 atom stereocenters. The number of hydrogen-bond acceptors (Lipinski definition) is 4. The van der Waals surface area contributed by atoms with Crippen LogP contribution in [0.5, 0.6) is 0 Å². The SMILES string of the molecule is CC(=O)NNC(=O)C(Cc1ccccc1)N(C)C(=O)C(Cc1ccc2ccccc2c1)N(C)C(=O)O. The molecule has 9 heteroatoms. The summed E-state index contributed by atoms with van der Waals surface area (Å²) in [5, 5.41) is 11.7. The molecule has 0 aliphatic carbocycles. The van der Waals surface area contributed by atoms with E-state index in [0.717, 1.165) is 26.8 Å². The van der Waals surface area contributed by atoms with Crippen molar-refractivity contribution in [3.63, 3.8) is 0 Å². The lowest BCUT2D eigenvalue weighted by molar-refractivity contribution is -0.143. The van der Waals surface area contributed by atoms with E-state index in [1.807, 2.05) is 72.8 Å². The maximum atomic E-state index is 13.7. The average molecular weight is 491 g/mol. The maximum Gasteiger partial charge on any atom is 0.407 e. The largest absolute Gasteiger partial charge is 0.465 e. The zero-order chi connectivity index (χ0) is 26.2. The van der Waals surface area contributed by atoms with Crippen molar-refractivity contribution >= 4 is 34.6 Å². The van der Waals surface area contributed by atoms with Crippen LogP contribution in [0.1, 0.15) is 18.1 Å². The summed E-state index contributed by atoms with van der Waals surface area (Å²) in [5.74, 6) is -1.59. The number of likely N-dealkylation sites (N-methyl/N-ethyl adjacent to an activating group) is 2. The van der Waals surface area contributed by atoms with Gasteiger partial charge in [-0.1, -0.05) is 72.8 Å². The fourth-order valence-electron chi connectivity index (χ4n) is 3.98. The van der Waals surface area contributed by atoms with Crippen molar-refractivity contribution in [2.75, 3.05) is 14.1 Å². The molecule has 4 amide bonds. The highest BCUT2D eigenvalue weighted by atomic mass is 16.4. The fraction of sp³-hybridized carbons (Fsp3) is 0.259. The quantitative estimate of drug-likeness (QED) is 0.420. The Morgan fingerprint density at radius 3 is 2.00 bits per heavy atom.